The molecule has 0 unspecified atom stereocenters. The molecule has 3 N–H and O–H groups in total. The summed E-state index contributed by atoms with van der Waals surface area (Å²) in [6.45, 7) is 5.49. The topological polar surface area (TPSA) is 58.4 Å². The lowest BCUT2D eigenvalue weighted by Crippen LogP contribution is -2.68. The molecule has 1 saturated heterocycles. The van der Waals surface area contributed by atoms with Gasteiger partial charge in [0.25, 0.3) is 0 Å². The molecule has 4 heteroatoms. The van der Waals surface area contributed by atoms with Crippen molar-refractivity contribution in [3.8, 4) is 0 Å². The van der Waals surface area contributed by atoms with Gasteiger partial charge < -0.3 is 11.1 Å². The maximum Gasteiger partial charge on any atom is 0.221 e. The zero-order valence-electron chi connectivity index (χ0n) is 9.46. The largest absolute Gasteiger partial charge is 0.356 e. The average molecular weight is 211 g/mol. The fourth-order valence-electron chi connectivity index (χ4n) is 2.41. The van der Waals surface area contributed by atoms with Crippen LogP contribution in [0, 0.1) is 5.92 Å². The molecule has 0 bridgehead atoms. The SMILES string of the molecule is CCNC(=O)CCN1CC(N)(C2CC2)C1. The molecular formula is C11H21N3O. The Morgan fingerprint density at radius 2 is 2.20 bits per heavy atom. The van der Waals surface area contributed by atoms with Gasteiger partial charge in [-0.05, 0) is 25.7 Å². The second-order valence-corrected chi connectivity index (χ2v) is 4.92. The summed E-state index contributed by atoms with van der Waals surface area (Å²) in [5.41, 5.74) is 6.31. The molecule has 1 aliphatic heterocycles. The molecule has 1 heterocycles. The number of nitrogens with two attached hydrogens (primary N) is 1. The zero-order chi connectivity index (χ0) is 10.9. The molecule has 4 nitrogen and oxygen atoms in total. The summed E-state index contributed by atoms with van der Waals surface area (Å²) in [6.07, 6.45) is 3.22. The van der Waals surface area contributed by atoms with Crippen molar-refractivity contribution < 1.29 is 4.79 Å². The van der Waals surface area contributed by atoms with Gasteiger partial charge in [0.15, 0.2) is 0 Å². The lowest BCUT2D eigenvalue weighted by molar-refractivity contribution is -0.121. The highest BCUT2D eigenvalue weighted by Crippen LogP contribution is 2.42. The first-order valence-corrected chi connectivity index (χ1v) is 5.92. The summed E-state index contributed by atoms with van der Waals surface area (Å²) in [6, 6.07) is 0. The van der Waals surface area contributed by atoms with E-state index in [0.717, 1.165) is 32.1 Å². The predicted molar refractivity (Wildman–Crippen MR) is 59.4 cm³/mol. The molecule has 1 amide bonds. The van der Waals surface area contributed by atoms with Gasteiger partial charge in [-0.3, -0.25) is 9.69 Å². The van der Waals surface area contributed by atoms with Gasteiger partial charge in [-0.1, -0.05) is 0 Å². The first kappa shape index (κ1) is 10.9. The van der Waals surface area contributed by atoms with E-state index in [-0.39, 0.29) is 11.4 Å². The van der Waals surface area contributed by atoms with E-state index in [2.05, 4.69) is 10.2 Å². The maximum absolute atomic E-state index is 11.2. The molecule has 0 aromatic carbocycles. The normalized spacial score (nSPS) is 24.7. The summed E-state index contributed by atoms with van der Waals surface area (Å²) in [5, 5.41) is 2.81. The van der Waals surface area contributed by atoms with Gasteiger partial charge in [0, 0.05) is 38.1 Å². The lowest BCUT2D eigenvalue weighted by Gasteiger charge is -2.48. The highest BCUT2D eigenvalue weighted by Gasteiger charge is 2.49. The van der Waals surface area contributed by atoms with Crippen molar-refractivity contribution in [2.75, 3.05) is 26.2 Å². The van der Waals surface area contributed by atoms with Crippen molar-refractivity contribution >= 4 is 5.91 Å². The van der Waals surface area contributed by atoms with Gasteiger partial charge in [0.1, 0.15) is 0 Å². The molecule has 0 spiro atoms. The van der Waals surface area contributed by atoms with Crippen molar-refractivity contribution in [1.82, 2.24) is 10.2 Å². The Hall–Kier alpha value is -0.610. The molecule has 1 saturated carbocycles. The van der Waals surface area contributed by atoms with Gasteiger partial charge >= 0.3 is 0 Å². The third-order valence-corrected chi connectivity index (χ3v) is 3.46. The van der Waals surface area contributed by atoms with Crippen LogP contribution in [0.15, 0.2) is 0 Å². The number of likely N-dealkylation sites (tertiary alicyclic amines) is 1. The first-order valence-electron chi connectivity index (χ1n) is 5.92. The van der Waals surface area contributed by atoms with E-state index in [1.165, 1.54) is 12.8 Å². The van der Waals surface area contributed by atoms with Crippen molar-refractivity contribution in [2.45, 2.75) is 31.7 Å². The van der Waals surface area contributed by atoms with E-state index in [4.69, 9.17) is 5.73 Å². The summed E-state index contributed by atoms with van der Waals surface area (Å²) in [4.78, 5) is 13.5. The molecule has 1 aliphatic carbocycles. The van der Waals surface area contributed by atoms with Crippen molar-refractivity contribution in [3.05, 3.63) is 0 Å². The number of hydrogen-bond acceptors (Lipinski definition) is 3. The van der Waals surface area contributed by atoms with Crippen LogP contribution in [-0.4, -0.2) is 42.5 Å². The van der Waals surface area contributed by atoms with E-state index in [0.29, 0.717) is 6.42 Å². The number of nitrogens with one attached hydrogen (secondary N) is 1. The summed E-state index contributed by atoms with van der Waals surface area (Å²) in [7, 11) is 0. The molecule has 2 fully saturated rings. The van der Waals surface area contributed by atoms with Crippen LogP contribution < -0.4 is 11.1 Å². The number of carbonyl (C=O) groups excluding carboxylic acids is 1. The van der Waals surface area contributed by atoms with Gasteiger partial charge in [0.05, 0.1) is 0 Å². The van der Waals surface area contributed by atoms with Gasteiger partial charge in [-0.15, -0.1) is 0 Å². The molecule has 0 aromatic rings. The number of hydrogen-bond donors (Lipinski definition) is 2. The van der Waals surface area contributed by atoms with Crippen LogP contribution in [0.4, 0.5) is 0 Å². The van der Waals surface area contributed by atoms with Crippen LogP contribution in [0.1, 0.15) is 26.2 Å². The van der Waals surface area contributed by atoms with Crippen LogP contribution in [0.3, 0.4) is 0 Å². The molecule has 2 aliphatic rings. The van der Waals surface area contributed by atoms with Crippen LogP contribution in [0.25, 0.3) is 0 Å². The van der Waals surface area contributed by atoms with Gasteiger partial charge in [-0.2, -0.15) is 0 Å². The Balaban J connectivity index is 1.61. The van der Waals surface area contributed by atoms with Crippen molar-refractivity contribution in [2.24, 2.45) is 11.7 Å². The second-order valence-electron chi connectivity index (χ2n) is 4.92. The molecule has 2 rings (SSSR count). The van der Waals surface area contributed by atoms with Gasteiger partial charge in [0.2, 0.25) is 5.91 Å². The van der Waals surface area contributed by atoms with E-state index >= 15 is 0 Å². The number of nitrogens with zero attached hydrogens (tertiary/aromatic N) is 1. The van der Waals surface area contributed by atoms with E-state index in [9.17, 15) is 4.79 Å². The number of carbonyl (C=O) groups is 1. The Morgan fingerprint density at radius 1 is 1.53 bits per heavy atom. The van der Waals surface area contributed by atoms with Crippen LogP contribution in [-0.2, 0) is 4.79 Å². The fraction of sp³-hybridized carbons (Fsp3) is 0.909. The monoisotopic (exact) mass is 211 g/mol. The first-order chi connectivity index (χ1) is 7.14. The minimum atomic E-state index is 0.0846. The second kappa shape index (κ2) is 4.10. The Labute approximate surface area is 91.2 Å². The summed E-state index contributed by atoms with van der Waals surface area (Å²) in [5.74, 6) is 0.914. The van der Waals surface area contributed by atoms with Gasteiger partial charge in [-0.25, -0.2) is 0 Å². The van der Waals surface area contributed by atoms with E-state index < -0.39 is 0 Å². The lowest BCUT2D eigenvalue weighted by atomic mass is 9.85. The third-order valence-electron chi connectivity index (χ3n) is 3.46. The smallest absolute Gasteiger partial charge is 0.221 e. The molecule has 86 valence electrons. The predicted octanol–water partition coefficient (Wildman–Crippen LogP) is -0.0643. The number of amides is 1. The molecule has 0 atom stereocenters. The number of rotatable bonds is 5. The minimum Gasteiger partial charge on any atom is -0.356 e. The Bertz CT molecular complexity index is 244. The fourth-order valence-corrected chi connectivity index (χ4v) is 2.41. The summed E-state index contributed by atoms with van der Waals surface area (Å²) < 4.78 is 0. The zero-order valence-corrected chi connectivity index (χ0v) is 9.46. The highest BCUT2D eigenvalue weighted by atomic mass is 16.1. The Morgan fingerprint density at radius 3 is 2.73 bits per heavy atom. The third kappa shape index (κ3) is 2.49. The molecular weight excluding hydrogens is 190 g/mol. The minimum absolute atomic E-state index is 0.0846. The molecule has 0 aromatic heterocycles. The van der Waals surface area contributed by atoms with Crippen LogP contribution >= 0.6 is 0 Å². The Kier molecular flexibility index (Phi) is 2.98. The molecule has 15 heavy (non-hydrogen) atoms. The van der Waals surface area contributed by atoms with Crippen LogP contribution in [0.5, 0.6) is 0 Å². The summed E-state index contributed by atoms with van der Waals surface area (Å²) >= 11 is 0. The average Bonchev–Trinajstić information content (AvgIpc) is 2.94. The van der Waals surface area contributed by atoms with Crippen molar-refractivity contribution in [1.29, 1.82) is 0 Å². The quantitative estimate of drug-likeness (QED) is 0.669. The van der Waals surface area contributed by atoms with E-state index in [1.54, 1.807) is 0 Å². The highest BCUT2D eigenvalue weighted by molar-refractivity contribution is 5.75. The standard InChI is InChI=1S/C11H21N3O/c1-2-13-10(15)5-6-14-7-11(12,8-14)9-3-4-9/h9H,2-8,12H2,1H3,(H,13,15). The molecule has 0 radical (unpaired) electrons. The van der Waals surface area contributed by atoms with E-state index in [1.807, 2.05) is 6.92 Å². The van der Waals surface area contributed by atoms with Crippen LogP contribution in [0.2, 0.25) is 0 Å². The van der Waals surface area contributed by atoms with Crippen molar-refractivity contribution in [3.63, 3.8) is 0 Å². The maximum atomic E-state index is 11.2.